The van der Waals surface area contributed by atoms with E-state index in [0.29, 0.717) is 16.9 Å². The molecule has 254 valence electrons. The molecule has 0 bridgehead atoms. The summed E-state index contributed by atoms with van der Waals surface area (Å²) >= 11 is 0. The summed E-state index contributed by atoms with van der Waals surface area (Å²) in [6.07, 6.45) is 0. The monoisotopic (exact) mass is 693 g/mol. The van der Waals surface area contributed by atoms with Gasteiger partial charge in [0.25, 0.3) is 0 Å². The number of para-hydroxylation sites is 2. The highest BCUT2D eigenvalue weighted by Gasteiger charge is 2.16. The molecule has 10 aromatic rings. The second-order valence-electron chi connectivity index (χ2n) is 13.4. The summed E-state index contributed by atoms with van der Waals surface area (Å²) in [6.45, 7) is 0. The number of nitrogens with zero attached hydrogens (tertiary/aromatic N) is 1. The molecule has 0 radical (unpaired) electrons. The van der Waals surface area contributed by atoms with E-state index in [4.69, 9.17) is 4.42 Å². The van der Waals surface area contributed by atoms with Crippen LogP contribution in [0, 0.1) is 0 Å². The maximum absolute atomic E-state index is 9.53. The van der Waals surface area contributed by atoms with Gasteiger partial charge in [-0.05, 0) is 98.2 Å². The summed E-state index contributed by atoms with van der Waals surface area (Å²) in [6, 6.07) is 62.0. The van der Waals surface area contributed by atoms with Crippen molar-refractivity contribution in [2.75, 3.05) is 4.90 Å². The highest BCUT2D eigenvalue weighted by atomic mass is 16.3. The zero-order valence-corrected chi connectivity index (χ0v) is 29.3. The first-order valence-electron chi connectivity index (χ1n) is 20.1. The molecular weight excluding hydrogens is 655 g/mol. The second-order valence-corrected chi connectivity index (χ2v) is 13.4. The number of fused-ring (bicyclic) bond motifs is 4. The minimum atomic E-state index is -0.130. The molecular formula is C52H35NO. The molecule has 0 amide bonds. The molecule has 0 atom stereocenters. The summed E-state index contributed by atoms with van der Waals surface area (Å²) in [5.41, 5.74) is 10.1. The van der Waals surface area contributed by atoms with Crippen LogP contribution in [-0.4, -0.2) is 0 Å². The van der Waals surface area contributed by atoms with Gasteiger partial charge in [-0.25, -0.2) is 0 Å². The Bertz CT molecular complexity index is 3120. The molecule has 54 heavy (non-hydrogen) atoms. The Hall–Kier alpha value is -7.16. The third-order valence-corrected chi connectivity index (χ3v) is 10.2. The Balaban J connectivity index is 1.10. The van der Waals surface area contributed by atoms with Gasteiger partial charge >= 0.3 is 0 Å². The molecule has 0 aliphatic carbocycles. The van der Waals surface area contributed by atoms with Crippen LogP contribution in [0.2, 0.25) is 0 Å². The van der Waals surface area contributed by atoms with Crippen LogP contribution in [0.5, 0.6) is 0 Å². The standard InChI is InChI=1S/C52H35NO/c1-2-11-36(12-3-1)37-23-29-43(30-24-37)53(45-33-27-40(28-34-45)48-20-10-21-50-49-18-6-7-22-51(49)54-52(48)50)44-31-25-38(26-32-44)41-15-8-16-42(35-41)47-19-9-14-39-13-4-5-17-46(39)47/h1-35H/i25D,26D,31D,32D. The normalized spacial score (nSPS) is 12.4. The van der Waals surface area contributed by atoms with Crippen molar-refractivity contribution in [3.63, 3.8) is 0 Å². The largest absolute Gasteiger partial charge is 0.455 e. The lowest BCUT2D eigenvalue weighted by molar-refractivity contribution is 0.670. The number of hydrogen-bond donors (Lipinski definition) is 0. The van der Waals surface area contributed by atoms with Crippen molar-refractivity contribution in [3.8, 4) is 44.5 Å². The Kier molecular flexibility index (Phi) is 6.84. The van der Waals surface area contributed by atoms with E-state index in [2.05, 4.69) is 54.6 Å². The van der Waals surface area contributed by atoms with E-state index in [0.717, 1.165) is 66.1 Å². The van der Waals surface area contributed by atoms with Crippen molar-refractivity contribution < 1.29 is 9.90 Å². The maximum atomic E-state index is 9.53. The number of furan rings is 1. The van der Waals surface area contributed by atoms with Crippen molar-refractivity contribution in [2.24, 2.45) is 0 Å². The molecule has 0 N–H and O–H groups in total. The van der Waals surface area contributed by atoms with Crippen molar-refractivity contribution in [1.82, 2.24) is 0 Å². The first-order valence-corrected chi connectivity index (χ1v) is 18.1. The van der Waals surface area contributed by atoms with E-state index >= 15 is 0 Å². The molecule has 9 aromatic carbocycles. The summed E-state index contributed by atoms with van der Waals surface area (Å²) in [5.74, 6) is 0. The summed E-state index contributed by atoms with van der Waals surface area (Å²) in [7, 11) is 0. The Morgan fingerprint density at radius 2 is 0.907 bits per heavy atom. The zero-order chi connectivity index (χ0) is 39.3. The van der Waals surface area contributed by atoms with E-state index in [1.165, 1.54) is 0 Å². The summed E-state index contributed by atoms with van der Waals surface area (Å²) < 4.78 is 44.3. The molecule has 2 heteroatoms. The second kappa shape index (κ2) is 13.4. The van der Waals surface area contributed by atoms with E-state index in [-0.39, 0.29) is 35.4 Å². The topological polar surface area (TPSA) is 16.4 Å². The lowest BCUT2D eigenvalue weighted by Gasteiger charge is -2.26. The van der Waals surface area contributed by atoms with Crippen LogP contribution >= 0.6 is 0 Å². The Labute approximate surface area is 320 Å². The van der Waals surface area contributed by atoms with Gasteiger partial charge in [0.1, 0.15) is 11.2 Å². The molecule has 1 heterocycles. The van der Waals surface area contributed by atoms with Gasteiger partial charge in [0.05, 0.1) is 5.48 Å². The fraction of sp³-hybridized carbons (Fsp3) is 0. The van der Waals surface area contributed by atoms with Gasteiger partial charge in [-0.15, -0.1) is 0 Å². The first-order chi connectivity index (χ1) is 28.4. The Morgan fingerprint density at radius 3 is 1.70 bits per heavy atom. The van der Waals surface area contributed by atoms with Crippen molar-refractivity contribution in [1.29, 1.82) is 0 Å². The molecule has 0 saturated heterocycles. The third-order valence-electron chi connectivity index (χ3n) is 10.2. The van der Waals surface area contributed by atoms with Gasteiger partial charge in [-0.2, -0.15) is 0 Å². The third kappa shape index (κ3) is 5.71. The van der Waals surface area contributed by atoms with E-state index in [1.54, 1.807) is 0 Å². The summed E-state index contributed by atoms with van der Waals surface area (Å²) in [4.78, 5) is 1.83. The van der Waals surface area contributed by atoms with E-state index < -0.39 is 0 Å². The van der Waals surface area contributed by atoms with Gasteiger partial charge in [0.15, 0.2) is 0 Å². The smallest absolute Gasteiger partial charge is 0.143 e. The predicted molar refractivity (Wildman–Crippen MR) is 228 cm³/mol. The zero-order valence-electron chi connectivity index (χ0n) is 33.3. The molecule has 1 aromatic heterocycles. The molecule has 0 unspecified atom stereocenters. The van der Waals surface area contributed by atoms with Gasteiger partial charge in [0.2, 0.25) is 0 Å². The number of benzene rings is 9. The van der Waals surface area contributed by atoms with Crippen LogP contribution in [0.1, 0.15) is 5.48 Å². The molecule has 0 spiro atoms. The molecule has 2 nitrogen and oxygen atoms in total. The highest BCUT2D eigenvalue weighted by Crippen LogP contribution is 2.40. The van der Waals surface area contributed by atoms with Crippen molar-refractivity contribution >= 4 is 49.8 Å². The van der Waals surface area contributed by atoms with Gasteiger partial charge in [-0.3, -0.25) is 0 Å². The quantitative estimate of drug-likeness (QED) is 0.165. The van der Waals surface area contributed by atoms with Crippen molar-refractivity contribution in [3.05, 3.63) is 212 Å². The fourth-order valence-electron chi connectivity index (χ4n) is 7.49. The number of anilines is 3. The summed E-state index contributed by atoms with van der Waals surface area (Å²) in [5, 5.41) is 4.33. The van der Waals surface area contributed by atoms with Crippen LogP contribution in [0.4, 0.5) is 17.1 Å². The number of rotatable bonds is 7. The van der Waals surface area contributed by atoms with Gasteiger partial charge in [-0.1, -0.05) is 164 Å². The molecule has 0 aliphatic rings. The van der Waals surface area contributed by atoms with Crippen LogP contribution in [-0.2, 0) is 0 Å². The van der Waals surface area contributed by atoms with Gasteiger partial charge < -0.3 is 9.32 Å². The van der Waals surface area contributed by atoms with Crippen LogP contribution in [0.3, 0.4) is 0 Å². The first kappa shape index (κ1) is 27.5. The minimum absolute atomic E-state index is 0.106. The molecule has 0 aliphatic heterocycles. The maximum Gasteiger partial charge on any atom is 0.143 e. The van der Waals surface area contributed by atoms with Crippen molar-refractivity contribution in [2.45, 2.75) is 0 Å². The highest BCUT2D eigenvalue weighted by molar-refractivity contribution is 6.09. The average Bonchev–Trinajstić information content (AvgIpc) is 3.67. The van der Waals surface area contributed by atoms with Crippen LogP contribution < -0.4 is 4.90 Å². The SMILES string of the molecule is [2H]c1c([2H])c(N(c2ccc(-c3ccccc3)cc2)c2ccc(-c3cccc4c3oc3ccccc34)cc2)c([2H])c([2H])c1-c1cccc(-c2cccc3ccccc23)c1. The number of hydrogen-bond acceptors (Lipinski definition) is 2. The van der Waals surface area contributed by atoms with Crippen LogP contribution in [0.15, 0.2) is 217 Å². The average molecular weight is 694 g/mol. The Morgan fingerprint density at radius 1 is 0.352 bits per heavy atom. The van der Waals surface area contributed by atoms with E-state index in [1.807, 2.05) is 138 Å². The predicted octanol–water partition coefficient (Wildman–Crippen LogP) is 14.9. The minimum Gasteiger partial charge on any atom is -0.455 e. The molecule has 10 rings (SSSR count). The van der Waals surface area contributed by atoms with Crippen LogP contribution in [0.25, 0.3) is 77.2 Å². The van der Waals surface area contributed by atoms with Gasteiger partial charge in [0, 0.05) is 33.4 Å². The lowest BCUT2D eigenvalue weighted by atomic mass is 9.95. The van der Waals surface area contributed by atoms with E-state index in [9.17, 15) is 5.48 Å². The molecule has 0 fully saturated rings. The fourth-order valence-corrected chi connectivity index (χ4v) is 7.49. The molecule has 0 saturated carbocycles. The lowest BCUT2D eigenvalue weighted by Crippen LogP contribution is -2.09.